The van der Waals surface area contributed by atoms with Crippen molar-refractivity contribution in [1.82, 2.24) is 40.2 Å². The van der Waals surface area contributed by atoms with Crippen LogP contribution in [0.25, 0.3) is 10.9 Å². The van der Waals surface area contributed by atoms with Crippen molar-refractivity contribution in [3.05, 3.63) is 125 Å². The molecule has 0 radical (unpaired) electrons. The molecule has 1 unspecified atom stereocenters. The minimum absolute atomic E-state index is 0.00651. The molecular weight excluding hydrogens is 753 g/mol. The molecule has 15 heteroatoms. The van der Waals surface area contributed by atoms with Crippen LogP contribution in [-0.4, -0.2) is 101 Å². The number of phenols is 1. The van der Waals surface area contributed by atoms with Gasteiger partial charge in [-0.3, -0.25) is 19.5 Å². The molecule has 2 aromatic heterocycles. The Balaban J connectivity index is 1.13. The average Bonchev–Trinajstić information content (AvgIpc) is 3.90. The summed E-state index contributed by atoms with van der Waals surface area (Å²) in [4.78, 5) is 66.2. The monoisotopic (exact) mass is 800 g/mol. The zero-order chi connectivity index (χ0) is 41.3. The molecule has 5 heterocycles. The second-order valence-corrected chi connectivity index (χ2v) is 16.2. The fourth-order valence-corrected chi connectivity index (χ4v) is 8.25. The first-order valence-corrected chi connectivity index (χ1v) is 19.9. The molecule has 0 aliphatic carbocycles. The molecule has 0 spiro atoms. The lowest BCUT2D eigenvalue weighted by Gasteiger charge is -2.55. The maximum absolute atomic E-state index is 14.7. The minimum Gasteiger partial charge on any atom is -0.508 e. The largest absolute Gasteiger partial charge is 0.508 e. The maximum Gasteiger partial charge on any atom is 0.410 e. The molecule has 5 aromatic rings. The van der Waals surface area contributed by atoms with Crippen molar-refractivity contribution >= 4 is 34.8 Å². The lowest BCUT2D eigenvalue weighted by molar-refractivity contribution is -0.193. The van der Waals surface area contributed by atoms with Crippen molar-refractivity contribution in [2.75, 3.05) is 19.6 Å². The smallest absolute Gasteiger partial charge is 0.410 e. The second kappa shape index (κ2) is 16.4. The summed E-state index contributed by atoms with van der Waals surface area (Å²) in [6, 6.07) is 25.7. The van der Waals surface area contributed by atoms with Gasteiger partial charge in [-0.15, -0.1) is 0 Å². The van der Waals surface area contributed by atoms with E-state index in [1.807, 2.05) is 81.4 Å². The van der Waals surface area contributed by atoms with Gasteiger partial charge in [-0.1, -0.05) is 65.8 Å². The Bertz CT molecular complexity index is 2320. The highest BCUT2D eigenvalue weighted by atomic mass is 16.6. The minimum atomic E-state index is -0.955. The van der Waals surface area contributed by atoms with E-state index in [0.717, 1.165) is 34.0 Å². The third-order valence-electron chi connectivity index (χ3n) is 10.9. The fourth-order valence-electron chi connectivity index (χ4n) is 8.25. The van der Waals surface area contributed by atoms with Crippen LogP contribution in [-0.2, 0) is 40.4 Å². The lowest BCUT2D eigenvalue weighted by Crippen LogP contribution is -2.76. The number of nitrogens with one attached hydrogen (secondary N) is 1. The number of urea groups is 1. The Labute approximate surface area is 342 Å². The van der Waals surface area contributed by atoms with Gasteiger partial charge in [-0.25, -0.2) is 14.6 Å². The second-order valence-electron chi connectivity index (χ2n) is 16.2. The number of hydrazine groups is 1. The van der Waals surface area contributed by atoms with Crippen molar-refractivity contribution in [2.24, 2.45) is 0 Å². The first-order chi connectivity index (χ1) is 28.4. The van der Waals surface area contributed by atoms with Gasteiger partial charge in [0.1, 0.15) is 29.3 Å². The van der Waals surface area contributed by atoms with Crippen LogP contribution in [0.2, 0.25) is 0 Å². The van der Waals surface area contributed by atoms with Crippen LogP contribution in [0.15, 0.2) is 102 Å². The average molecular weight is 801 g/mol. The van der Waals surface area contributed by atoms with Crippen LogP contribution in [0.3, 0.4) is 0 Å². The van der Waals surface area contributed by atoms with Crippen LogP contribution >= 0.6 is 0 Å². The molecule has 15 nitrogen and oxygen atoms in total. The van der Waals surface area contributed by atoms with E-state index < -0.39 is 29.9 Å². The molecule has 3 aromatic carbocycles. The van der Waals surface area contributed by atoms with Crippen LogP contribution < -0.4 is 5.32 Å². The third-order valence-corrected chi connectivity index (χ3v) is 10.9. The molecule has 3 atom stereocenters. The summed E-state index contributed by atoms with van der Waals surface area (Å²) >= 11 is 0. The van der Waals surface area contributed by atoms with Crippen molar-refractivity contribution in [3.63, 3.8) is 0 Å². The molecule has 59 heavy (non-hydrogen) atoms. The zero-order valence-corrected chi connectivity index (χ0v) is 33.4. The van der Waals surface area contributed by atoms with E-state index >= 15 is 0 Å². The molecule has 3 aliphatic heterocycles. The molecule has 3 fully saturated rings. The van der Waals surface area contributed by atoms with Crippen LogP contribution in [0.5, 0.6) is 5.75 Å². The Kier molecular flexibility index (Phi) is 10.9. The Morgan fingerprint density at radius 2 is 1.75 bits per heavy atom. The van der Waals surface area contributed by atoms with Gasteiger partial charge in [-0.05, 0) is 74.6 Å². The van der Waals surface area contributed by atoms with Crippen LogP contribution in [0.1, 0.15) is 67.8 Å². The van der Waals surface area contributed by atoms with Crippen molar-refractivity contribution in [2.45, 2.75) is 83.5 Å². The van der Waals surface area contributed by atoms with Gasteiger partial charge in [0.25, 0.3) is 0 Å². The number of ether oxygens (including phenoxy) is 1. The number of likely N-dealkylation sites (tertiary alicyclic amines) is 1. The summed E-state index contributed by atoms with van der Waals surface area (Å²) in [5.74, 6) is -0.113. The standard InChI is InChI=1S/C44H48N8O7/c1-44(2,3)58-43(57)50-21-9-15-37(50)36-23-33(59-47-36)26-49-28-40(54)51-38(22-29-16-18-32(53)19-17-29)41(55)48(25-31-12-7-14-35-34(31)13-8-20-45-35)27-39(51)52(49)42(56)46-24-30-10-5-4-6-11-30/h4-8,10-14,16-20,23,37-39,53H,9,15,21-22,24-28H2,1-3H3,(H,46,56)/t37?,38-,39-/m0/s1. The number of nitrogens with zero attached hydrogens (tertiary/aromatic N) is 7. The molecule has 2 N–H and O–H groups in total. The van der Waals surface area contributed by atoms with E-state index in [-0.39, 0.29) is 62.8 Å². The SMILES string of the molecule is CC(C)(C)OC(=O)N1CCCC1c1cc(CN2CC(=O)N3[C@@H](Cc4ccc(O)cc4)C(=O)N(Cc4cccc5ncccc45)C[C@@H]3N2C(=O)NCc2ccccc2)on1. The number of hydrogen-bond acceptors (Lipinski definition) is 10. The molecule has 306 valence electrons. The number of aromatic hydroxyl groups is 1. The Morgan fingerprint density at radius 3 is 2.53 bits per heavy atom. The lowest BCUT2D eigenvalue weighted by atomic mass is 9.98. The van der Waals surface area contributed by atoms with Gasteiger partial charge < -0.3 is 29.5 Å². The number of rotatable bonds is 9. The highest BCUT2D eigenvalue weighted by Gasteiger charge is 2.51. The third kappa shape index (κ3) is 8.56. The van der Waals surface area contributed by atoms with E-state index in [1.54, 1.807) is 51.3 Å². The Hall–Kier alpha value is -6.48. The number of pyridine rings is 1. The number of fused-ring (bicyclic) bond motifs is 2. The Morgan fingerprint density at radius 1 is 0.949 bits per heavy atom. The predicted octanol–water partition coefficient (Wildman–Crippen LogP) is 5.75. The van der Waals surface area contributed by atoms with E-state index in [1.165, 1.54) is 9.91 Å². The van der Waals surface area contributed by atoms with E-state index in [9.17, 15) is 24.3 Å². The first kappa shape index (κ1) is 39.4. The molecule has 3 aliphatic rings. The predicted molar refractivity (Wildman–Crippen MR) is 216 cm³/mol. The van der Waals surface area contributed by atoms with Crippen LogP contribution in [0.4, 0.5) is 9.59 Å². The number of hydrogen-bond donors (Lipinski definition) is 2. The van der Waals surface area contributed by atoms with E-state index in [4.69, 9.17) is 9.26 Å². The van der Waals surface area contributed by atoms with Gasteiger partial charge in [-0.2, -0.15) is 5.01 Å². The van der Waals surface area contributed by atoms with Crippen molar-refractivity contribution < 1.29 is 33.5 Å². The van der Waals surface area contributed by atoms with E-state index in [2.05, 4.69) is 15.5 Å². The summed E-state index contributed by atoms with van der Waals surface area (Å²) in [6.07, 6.45) is 2.01. The van der Waals surface area contributed by atoms with Gasteiger partial charge in [0, 0.05) is 43.7 Å². The topological polar surface area (TPSA) is 165 Å². The number of aromatic nitrogens is 2. The van der Waals surface area contributed by atoms with Crippen LogP contribution in [0, 0.1) is 0 Å². The number of carbonyl (C=O) groups is 4. The summed E-state index contributed by atoms with van der Waals surface area (Å²) < 4.78 is 11.5. The molecule has 8 rings (SSSR count). The number of piperazine rings is 1. The van der Waals surface area contributed by atoms with Crippen molar-refractivity contribution in [1.29, 1.82) is 0 Å². The number of amides is 5. The number of phenolic OH excluding ortho intramolecular Hbond substituents is 1. The van der Waals surface area contributed by atoms with Gasteiger partial charge in [0.2, 0.25) is 11.8 Å². The number of benzene rings is 3. The summed E-state index contributed by atoms with van der Waals surface area (Å²) in [5.41, 5.74) is 3.19. The summed E-state index contributed by atoms with van der Waals surface area (Å²) in [6.45, 7) is 6.23. The number of carbonyl (C=O) groups excluding carboxylic acids is 4. The highest BCUT2D eigenvalue weighted by molar-refractivity contribution is 5.92. The summed E-state index contributed by atoms with van der Waals surface area (Å²) in [5, 5.41) is 21.5. The first-order valence-electron chi connectivity index (χ1n) is 19.9. The zero-order valence-electron chi connectivity index (χ0n) is 33.4. The molecule has 3 saturated heterocycles. The molecule has 0 bridgehead atoms. The molecule has 5 amide bonds. The van der Waals surface area contributed by atoms with Gasteiger partial charge in [0.15, 0.2) is 5.76 Å². The van der Waals surface area contributed by atoms with E-state index in [0.29, 0.717) is 24.4 Å². The maximum atomic E-state index is 14.7. The normalized spacial score (nSPS) is 19.9. The van der Waals surface area contributed by atoms with Crippen molar-refractivity contribution in [3.8, 4) is 5.75 Å². The molecular formula is C44H48N8O7. The highest BCUT2D eigenvalue weighted by Crippen LogP contribution is 2.35. The fraction of sp³-hybridized carbons (Fsp3) is 0.364. The molecule has 0 saturated carbocycles. The van der Waals surface area contributed by atoms with Gasteiger partial charge in [0.05, 0.1) is 31.2 Å². The quantitative estimate of drug-likeness (QED) is 0.188. The summed E-state index contributed by atoms with van der Waals surface area (Å²) in [7, 11) is 0. The van der Waals surface area contributed by atoms with Gasteiger partial charge >= 0.3 is 12.1 Å².